The van der Waals surface area contributed by atoms with Crippen LogP contribution in [0.4, 0.5) is 13.6 Å². The largest absolute Gasteiger partial charge is 0.444 e. The molecule has 0 bridgehead atoms. The van der Waals surface area contributed by atoms with Crippen molar-refractivity contribution < 1.29 is 22.7 Å². The molecule has 0 atom stereocenters. The number of likely N-dealkylation sites (tertiary alicyclic amines) is 1. The summed E-state index contributed by atoms with van der Waals surface area (Å²) in [5.74, 6) is -0.909. The van der Waals surface area contributed by atoms with E-state index in [-0.39, 0.29) is 29.1 Å². The zero-order valence-corrected chi connectivity index (χ0v) is 15.9. The molecule has 152 valence electrons. The van der Waals surface area contributed by atoms with E-state index in [1.165, 1.54) is 6.07 Å². The van der Waals surface area contributed by atoms with Crippen LogP contribution in [-0.2, 0) is 4.74 Å². The van der Waals surface area contributed by atoms with E-state index in [2.05, 4.69) is 10.2 Å². The van der Waals surface area contributed by atoms with E-state index >= 15 is 0 Å². The molecule has 3 rings (SSSR count). The Bertz CT molecular complexity index is 895. The summed E-state index contributed by atoms with van der Waals surface area (Å²) in [5, 5.41) is 6.81. The van der Waals surface area contributed by atoms with Crippen molar-refractivity contribution >= 4 is 6.09 Å². The number of piperidine rings is 1. The summed E-state index contributed by atoms with van der Waals surface area (Å²) in [6, 6.07) is 2.78. The minimum atomic E-state index is -2.86. The van der Waals surface area contributed by atoms with E-state index in [0.717, 1.165) is 0 Å². The molecule has 0 unspecified atom stereocenters. The van der Waals surface area contributed by atoms with Gasteiger partial charge in [0.2, 0.25) is 5.89 Å². The van der Waals surface area contributed by atoms with Crippen LogP contribution in [0.1, 0.15) is 52.0 Å². The van der Waals surface area contributed by atoms with Crippen molar-refractivity contribution in [2.45, 2.75) is 51.7 Å². The van der Waals surface area contributed by atoms with Crippen molar-refractivity contribution in [2.24, 2.45) is 0 Å². The SMILES string of the molecule is CC(C)(C)OC(=O)N1CCC(n2ccc(-c3nnc(C(F)F)o3)cc2=O)CC1. The van der Waals surface area contributed by atoms with E-state index in [0.29, 0.717) is 25.9 Å². The van der Waals surface area contributed by atoms with Gasteiger partial charge in [0.1, 0.15) is 5.60 Å². The average Bonchev–Trinajstić information content (AvgIpc) is 3.11. The number of carbonyl (C=O) groups excluding carboxylic acids is 1. The number of ether oxygens (including phenoxy) is 1. The summed E-state index contributed by atoms with van der Waals surface area (Å²) >= 11 is 0. The molecule has 0 radical (unpaired) electrons. The lowest BCUT2D eigenvalue weighted by Crippen LogP contribution is -2.43. The van der Waals surface area contributed by atoms with Gasteiger partial charge >= 0.3 is 12.5 Å². The Kier molecular flexibility index (Phi) is 5.48. The van der Waals surface area contributed by atoms with E-state index in [9.17, 15) is 18.4 Å². The van der Waals surface area contributed by atoms with E-state index in [1.54, 1.807) is 21.7 Å². The molecule has 10 heteroatoms. The molecule has 2 aromatic heterocycles. The molecule has 0 aromatic carbocycles. The van der Waals surface area contributed by atoms with Gasteiger partial charge in [-0.05, 0) is 39.7 Å². The fourth-order valence-electron chi connectivity index (χ4n) is 3.02. The number of halogens is 2. The van der Waals surface area contributed by atoms with E-state index < -0.39 is 17.9 Å². The number of pyridine rings is 1. The lowest BCUT2D eigenvalue weighted by atomic mass is 10.0. The van der Waals surface area contributed by atoms with Crippen molar-refractivity contribution in [3.63, 3.8) is 0 Å². The number of rotatable bonds is 3. The third-order valence-corrected chi connectivity index (χ3v) is 4.33. The van der Waals surface area contributed by atoms with Gasteiger partial charge in [-0.1, -0.05) is 0 Å². The van der Waals surface area contributed by atoms with Gasteiger partial charge in [-0.2, -0.15) is 8.78 Å². The maximum Gasteiger partial charge on any atom is 0.410 e. The molecule has 1 amide bonds. The lowest BCUT2D eigenvalue weighted by Gasteiger charge is -2.34. The van der Waals surface area contributed by atoms with E-state index in [4.69, 9.17) is 9.15 Å². The van der Waals surface area contributed by atoms with Gasteiger partial charge in [0.25, 0.3) is 11.4 Å². The van der Waals surface area contributed by atoms with E-state index in [1.807, 2.05) is 20.8 Å². The van der Waals surface area contributed by atoms with Crippen LogP contribution < -0.4 is 5.56 Å². The molecule has 0 N–H and O–H groups in total. The number of aromatic nitrogens is 3. The second kappa shape index (κ2) is 7.69. The molecule has 1 fully saturated rings. The van der Waals surface area contributed by atoms with Crippen molar-refractivity contribution in [3.8, 4) is 11.5 Å². The summed E-state index contributed by atoms with van der Waals surface area (Å²) in [6.45, 7) is 6.40. The minimum Gasteiger partial charge on any atom is -0.444 e. The minimum absolute atomic E-state index is 0.0699. The van der Waals surface area contributed by atoms with Crippen molar-refractivity contribution in [1.82, 2.24) is 19.7 Å². The van der Waals surface area contributed by atoms with Gasteiger partial charge in [0, 0.05) is 37.0 Å². The Labute approximate surface area is 160 Å². The number of alkyl halides is 2. The van der Waals surface area contributed by atoms with Crippen molar-refractivity contribution in [2.75, 3.05) is 13.1 Å². The molecule has 8 nitrogen and oxygen atoms in total. The topological polar surface area (TPSA) is 90.5 Å². The molecule has 0 spiro atoms. The molecule has 2 aromatic rings. The lowest BCUT2D eigenvalue weighted by molar-refractivity contribution is 0.0187. The highest BCUT2D eigenvalue weighted by Gasteiger charge is 2.28. The predicted molar refractivity (Wildman–Crippen MR) is 95.0 cm³/mol. The number of amides is 1. The Morgan fingerprint density at radius 1 is 1.29 bits per heavy atom. The van der Waals surface area contributed by atoms with Gasteiger partial charge in [-0.25, -0.2) is 4.79 Å². The quantitative estimate of drug-likeness (QED) is 0.790. The summed E-state index contributed by atoms with van der Waals surface area (Å²) in [5.41, 5.74) is -0.573. The van der Waals surface area contributed by atoms with Crippen LogP contribution >= 0.6 is 0 Å². The number of hydrogen-bond donors (Lipinski definition) is 0. The highest BCUT2D eigenvalue weighted by Crippen LogP contribution is 2.25. The number of hydrogen-bond acceptors (Lipinski definition) is 6. The molecular weight excluding hydrogens is 374 g/mol. The van der Waals surface area contributed by atoms with Crippen LogP contribution in [0.5, 0.6) is 0 Å². The van der Waals surface area contributed by atoms with Gasteiger partial charge in [-0.3, -0.25) is 4.79 Å². The van der Waals surface area contributed by atoms with Crippen LogP contribution in [-0.4, -0.2) is 44.4 Å². The average molecular weight is 396 g/mol. The molecule has 1 aliphatic heterocycles. The molecule has 1 aliphatic rings. The van der Waals surface area contributed by atoms with Crippen molar-refractivity contribution in [3.05, 3.63) is 34.6 Å². The summed E-state index contributed by atoms with van der Waals surface area (Å²) in [4.78, 5) is 26.2. The van der Waals surface area contributed by atoms with Crippen LogP contribution in [0.2, 0.25) is 0 Å². The monoisotopic (exact) mass is 396 g/mol. The fourth-order valence-corrected chi connectivity index (χ4v) is 3.02. The standard InChI is InChI=1S/C18H22F2N4O4/c1-18(2,3)28-17(26)23-7-5-12(6-8-23)24-9-4-11(10-13(24)25)15-21-22-16(27-15)14(19)20/h4,9-10,12,14H,5-8H2,1-3H3. The summed E-state index contributed by atoms with van der Waals surface area (Å²) < 4.78 is 36.9. The predicted octanol–water partition coefficient (Wildman–Crippen LogP) is 3.41. The first kappa shape index (κ1) is 20.0. The molecular formula is C18H22F2N4O4. The first-order chi connectivity index (χ1) is 13.1. The Morgan fingerprint density at radius 3 is 2.50 bits per heavy atom. The van der Waals surface area contributed by atoms with Crippen LogP contribution in [0.15, 0.2) is 27.5 Å². The zero-order valence-electron chi connectivity index (χ0n) is 15.9. The fraction of sp³-hybridized carbons (Fsp3) is 0.556. The van der Waals surface area contributed by atoms with Crippen LogP contribution in [0, 0.1) is 0 Å². The maximum atomic E-state index is 12.6. The normalized spacial score (nSPS) is 15.9. The molecule has 28 heavy (non-hydrogen) atoms. The first-order valence-corrected chi connectivity index (χ1v) is 8.96. The Hall–Kier alpha value is -2.78. The van der Waals surface area contributed by atoms with Crippen LogP contribution in [0.3, 0.4) is 0 Å². The molecule has 1 saturated heterocycles. The third kappa shape index (κ3) is 4.55. The second-order valence-electron chi connectivity index (χ2n) is 7.61. The molecule has 0 saturated carbocycles. The zero-order chi connectivity index (χ0) is 20.5. The number of carbonyl (C=O) groups is 1. The molecule has 3 heterocycles. The third-order valence-electron chi connectivity index (χ3n) is 4.33. The smallest absolute Gasteiger partial charge is 0.410 e. The Balaban J connectivity index is 1.67. The maximum absolute atomic E-state index is 12.6. The van der Waals surface area contributed by atoms with Gasteiger partial charge in [0.05, 0.1) is 0 Å². The summed E-state index contributed by atoms with van der Waals surface area (Å²) in [6.07, 6.45) is -0.433. The molecule has 0 aliphatic carbocycles. The van der Waals surface area contributed by atoms with Crippen LogP contribution in [0.25, 0.3) is 11.5 Å². The summed E-state index contributed by atoms with van der Waals surface area (Å²) in [7, 11) is 0. The number of nitrogens with zero attached hydrogens (tertiary/aromatic N) is 4. The first-order valence-electron chi connectivity index (χ1n) is 8.96. The van der Waals surface area contributed by atoms with Gasteiger partial charge in [-0.15, -0.1) is 10.2 Å². The second-order valence-corrected chi connectivity index (χ2v) is 7.61. The van der Waals surface area contributed by atoms with Crippen molar-refractivity contribution in [1.29, 1.82) is 0 Å². The Morgan fingerprint density at radius 2 is 1.96 bits per heavy atom. The van der Waals surface area contributed by atoms with Gasteiger partial charge in [0.15, 0.2) is 0 Å². The van der Waals surface area contributed by atoms with Gasteiger partial charge < -0.3 is 18.6 Å². The highest BCUT2D eigenvalue weighted by atomic mass is 19.3. The highest BCUT2D eigenvalue weighted by molar-refractivity contribution is 5.68.